The molecule has 0 saturated heterocycles. The van der Waals surface area contributed by atoms with E-state index < -0.39 is 0 Å². The van der Waals surface area contributed by atoms with Crippen molar-refractivity contribution in [3.8, 4) is 11.1 Å². The fourth-order valence-electron chi connectivity index (χ4n) is 3.97. The highest BCUT2D eigenvalue weighted by atomic mass is 32.1. The molecule has 136 valence electrons. The Balaban J connectivity index is 1.37. The second-order valence-corrected chi connectivity index (χ2v) is 8.24. The maximum Gasteiger partial charge on any atom is 0.0815 e. The summed E-state index contributed by atoms with van der Waals surface area (Å²) >= 11 is 1.71. The van der Waals surface area contributed by atoms with Gasteiger partial charge in [0.1, 0.15) is 0 Å². The predicted molar refractivity (Wildman–Crippen MR) is 111 cm³/mol. The summed E-state index contributed by atoms with van der Waals surface area (Å²) in [6.07, 6.45) is 6.37. The predicted octanol–water partition coefficient (Wildman–Crippen LogP) is 4.65. The van der Waals surface area contributed by atoms with Crippen molar-refractivity contribution >= 4 is 21.6 Å². The minimum atomic E-state index is 0.983. The second-order valence-electron chi connectivity index (χ2n) is 7.35. The summed E-state index contributed by atoms with van der Waals surface area (Å²) < 4.78 is 3.13. The van der Waals surface area contributed by atoms with Gasteiger partial charge in [0, 0.05) is 31.9 Å². The molecule has 5 rings (SSSR count). The van der Waals surface area contributed by atoms with Crippen molar-refractivity contribution in [1.82, 2.24) is 19.7 Å². The van der Waals surface area contributed by atoms with Gasteiger partial charge in [-0.05, 0) is 53.8 Å². The van der Waals surface area contributed by atoms with Crippen LogP contribution in [-0.4, -0.2) is 26.2 Å². The van der Waals surface area contributed by atoms with Gasteiger partial charge in [-0.25, -0.2) is 4.98 Å². The van der Waals surface area contributed by atoms with E-state index in [1.165, 1.54) is 38.9 Å². The maximum absolute atomic E-state index is 4.46. The molecule has 4 nitrogen and oxygen atoms in total. The van der Waals surface area contributed by atoms with Crippen LogP contribution in [0.15, 0.2) is 54.3 Å². The first-order chi connectivity index (χ1) is 13.2. The normalized spacial score (nSPS) is 15.0. The first-order valence-corrected chi connectivity index (χ1v) is 10.3. The first kappa shape index (κ1) is 16.7. The lowest BCUT2D eigenvalue weighted by molar-refractivity contribution is 0.261. The fraction of sp³-hybridized carbons (Fsp3) is 0.273. The minimum Gasteiger partial charge on any atom is -0.295 e. The lowest BCUT2D eigenvalue weighted by Crippen LogP contribution is -2.22. The van der Waals surface area contributed by atoms with Crippen LogP contribution in [0.5, 0.6) is 0 Å². The molecule has 1 aliphatic rings. The zero-order valence-electron chi connectivity index (χ0n) is 15.4. The smallest absolute Gasteiger partial charge is 0.0815 e. The number of aryl methyl sites for hydroxylation is 2. The molecule has 0 atom stereocenters. The van der Waals surface area contributed by atoms with E-state index in [0.717, 1.165) is 31.6 Å². The zero-order chi connectivity index (χ0) is 18.2. The summed E-state index contributed by atoms with van der Waals surface area (Å²) in [6, 6.07) is 13.6. The molecule has 3 heterocycles. The van der Waals surface area contributed by atoms with Crippen molar-refractivity contribution in [3.63, 3.8) is 0 Å². The topological polar surface area (TPSA) is 34.0 Å². The van der Waals surface area contributed by atoms with Gasteiger partial charge < -0.3 is 0 Å². The molecule has 0 bridgehead atoms. The quantitative estimate of drug-likeness (QED) is 0.524. The molecule has 0 spiro atoms. The van der Waals surface area contributed by atoms with Crippen LogP contribution in [0.25, 0.3) is 21.3 Å². The standard InChI is InChI=1S/C22H22N4S/c1-25-13-20(11-24-25)18-5-6-19-14-26(8-2-3-17(19)10-18)12-16-4-7-22-21(9-16)23-15-27-22/h4-7,9-11,13,15H,2-3,8,12,14H2,1H3. The second kappa shape index (κ2) is 6.91. The molecule has 2 aromatic heterocycles. The van der Waals surface area contributed by atoms with E-state index >= 15 is 0 Å². The van der Waals surface area contributed by atoms with E-state index in [1.54, 1.807) is 11.3 Å². The largest absolute Gasteiger partial charge is 0.295 e. The van der Waals surface area contributed by atoms with Crippen molar-refractivity contribution in [2.45, 2.75) is 25.9 Å². The molecule has 0 saturated carbocycles. The van der Waals surface area contributed by atoms with Crippen LogP contribution in [0.2, 0.25) is 0 Å². The van der Waals surface area contributed by atoms with Gasteiger partial charge in [-0.3, -0.25) is 9.58 Å². The summed E-state index contributed by atoms with van der Waals surface area (Å²) in [5, 5.41) is 4.30. The highest BCUT2D eigenvalue weighted by Gasteiger charge is 2.16. The van der Waals surface area contributed by atoms with Gasteiger partial charge in [0.15, 0.2) is 0 Å². The molecule has 27 heavy (non-hydrogen) atoms. The van der Waals surface area contributed by atoms with E-state index in [-0.39, 0.29) is 0 Å². The van der Waals surface area contributed by atoms with Crippen molar-refractivity contribution in [2.75, 3.05) is 6.54 Å². The Morgan fingerprint density at radius 3 is 2.93 bits per heavy atom. The molecule has 0 N–H and O–H groups in total. The van der Waals surface area contributed by atoms with Gasteiger partial charge in [0.25, 0.3) is 0 Å². The average molecular weight is 375 g/mol. The van der Waals surface area contributed by atoms with Crippen molar-refractivity contribution in [1.29, 1.82) is 0 Å². The number of aromatic nitrogens is 3. The van der Waals surface area contributed by atoms with Gasteiger partial charge in [-0.2, -0.15) is 5.10 Å². The number of benzene rings is 2. The Labute approximate surface area is 163 Å². The average Bonchev–Trinajstić information content (AvgIpc) is 3.26. The van der Waals surface area contributed by atoms with Crippen LogP contribution in [0, 0.1) is 0 Å². The maximum atomic E-state index is 4.46. The molecular formula is C22H22N4S. The highest BCUT2D eigenvalue weighted by molar-refractivity contribution is 7.16. The zero-order valence-corrected chi connectivity index (χ0v) is 16.2. The van der Waals surface area contributed by atoms with E-state index in [2.05, 4.69) is 57.6 Å². The van der Waals surface area contributed by atoms with E-state index in [9.17, 15) is 0 Å². The molecule has 0 amide bonds. The summed E-state index contributed by atoms with van der Waals surface area (Å²) in [5.74, 6) is 0. The molecule has 5 heteroatoms. The first-order valence-electron chi connectivity index (χ1n) is 9.40. The summed E-state index contributed by atoms with van der Waals surface area (Å²) in [7, 11) is 1.97. The molecule has 1 aliphatic heterocycles. The molecule has 4 aromatic rings. The third kappa shape index (κ3) is 3.40. The van der Waals surface area contributed by atoms with Gasteiger partial charge in [0.2, 0.25) is 0 Å². The van der Waals surface area contributed by atoms with Crippen molar-refractivity contribution in [2.24, 2.45) is 7.05 Å². The van der Waals surface area contributed by atoms with E-state index in [0.29, 0.717) is 0 Å². The third-order valence-electron chi connectivity index (χ3n) is 5.36. The summed E-state index contributed by atoms with van der Waals surface area (Å²) in [6.45, 7) is 3.13. The van der Waals surface area contributed by atoms with Gasteiger partial charge >= 0.3 is 0 Å². The molecular weight excluding hydrogens is 352 g/mol. The molecule has 0 radical (unpaired) electrons. The van der Waals surface area contributed by atoms with E-state index in [1.807, 2.05) is 23.4 Å². The Hall–Kier alpha value is -2.50. The molecule has 0 aliphatic carbocycles. The number of hydrogen-bond acceptors (Lipinski definition) is 4. The Bertz CT molecular complexity index is 1090. The van der Waals surface area contributed by atoms with Gasteiger partial charge in [-0.15, -0.1) is 11.3 Å². The third-order valence-corrected chi connectivity index (χ3v) is 6.17. The minimum absolute atomic E-state index is 0.983. The lowest BCUT2D eigenvalue weighted by Gasteiger charge is -2.20. The number of thiazole rings is 1. The Kier molecular flexibility index (Phi) is 4.26. The van der Waals surface area contributed by atoms with Crippen LogP contribution in [0.4, 0.5) is 0 Å². The molecule has 0 fully saturated rings. The van der Waals surface area contributed by atoms with Gasteiger partial charge in [0.05, 0.1) is 21.9 Å². The van der Waals surface area contributed by atoms with Crippen LogP contribution in [-0.2, 0) is 26.6 Å². The van der Waals surface area contributed by atoms with Crippen LogP contribution in [0.3, 0.4) is 0 Å². The fourth-order valence-corrected chi connectivity index (χ4v) is 4.63. The van der Waals surface area contributed by atoms with Crippen molar-refractivity contribution < 1.29 is 0 Å². The summed E-state index contributed by atoms with van der Waals surface area (Å²) in [4.78, 5) is 7.02. The lowest BCUT2D eigenvalue weighted by atomic mass is 9.98. The van der Waals surface area contributed by atoms with Crippen LogP contribution in [0.1, 0.15) is 23.1 Å². The van der Waals surface area contributed by atoms with Crippen LogP contribution < -0.4 is 0 Å². The monoisotopic (exact) mass is 374 g/mol. The molecule has 0 unspecified atom stereocenters. The number of nitrogens with zero attached hydrogens (tertiary/aromatic N) is 4. The molecule has 2 aromatic carbocycles. The Morgan fingerprint density at radius 1 is 1.07 bits per heavy atom. The highest BCUT2D eigenvalue weighted by Crippen LogP contribution is 2.27. The summed E-state index contributed by atoms with van der Waals surface area (Å²) in [5.41, 5.74) is 9.79. The number of fused-ring (bicyclic) bond motifs is 2. The van der Waals surface area contributed by atoms with Gasteiger partial charge in [-0.1, -0.05) is 24.3 Å². The van der Waals surface area contributed by atoms with Crippen LogP contribution >= 0.6 is 11.3 Å². The Morgan fingerprint density at radius 2 is 2.04 bits per heavy atom. The van der Waals surface area contributed by atoms with E-state index in [4.69, 9.17) is 0 Å². The SMILES string of the molecule is Cn1cc(-c2ccc3c(c2)CCCN(Cc2ccc4scnc4c2)C3)cn1. The number of rotatable bonds is 3. The number of hydrogen-bond donors (Lipinski definition) is 0. The van der Waals surface area contributed by atoms with Crippen molar-refractivity contribution in [3.05, 3.63) is 71.0 Å².